The van der Waals surface area contributed by atoms with Crippen LogP contribution < -0.4 is 20.4 Å². The molecule has 0 aliphatic carbocycles. The molecule has 1 aromatic heterocycles. The molecule has 7 rings (SSSR count). The van der Waals surface area contributed by atoms with Gasteiger partial charge in [-0.1, -0.05) is 125 Å². The Bertz CT molecular complexity index is 2690. The van der Waals surface area contributed by atoms with E-state index in [1.807, 2.05) is 109 Å². The normalized spacial score (nSPS) is 17.8. The van der Waals surface area contributed by atoms with Gasteiger partial charge >= 0.3 is 16.3 Å². The molecule has 0 unspecified atom stereocenters. The molecule has 65 heavy (non-hydrogen) atoms. The van der Waals surface area contributed by atoms with Crippen LogP contribution in [0.3, 0.4) is 0 Å². The molecule has 2 atom stereocenters. The Morgan fingerprint density at radius 2 is 1.52 bits per heavy atom. The molecule has 15 heteroatoms. The number of benzene rings is 4. The second-order valence-electron chi connectivity index (χ2n) is 19.5. The van der Waals surface area contributed by atoms with Crippen molar-refractivity contribution in [2.75, 3.05) is 23.1 Å². The molecule has 2 aliphatic heterocycles. The number of carbonyl (C=O) groups is 1. The van der Waals surface area contributed by atoms with Crippen LogP contribution in [0.4, 0.5) is 26.4 Å². The van der Waals surface area contributed by atoms with Crippen LogP contribution in [0.1, 0.15) is 97.4 Å². The highest BCUT2D eigenvalue weighted by Gasteiger charge is 2.50. The number of aryl methyl sites for hydroxylation is 1. The number of amidine groups is 1. The molecule has 344 valence electrons. The number of hydrogen-bond acceptors (Lipinski definition) is 8. The first-order chi connectivity index (χ1) is 30.4. The first kappa shape index (κ1) is 47.7. The van der Waals surface area contributed by atoms with Gasteiger partial charge in [-0.2, -0.15) is 8.42 Å². The molecule has 0 saturated carbocycles. The molecule has 11 nitrogen and oxygen atoms in total. The largest absolute Gasteiger partial charge is 0.444 e. The fraction of sp³-hybridized carbons (Fsp3) is 0.380. The van der Waals surface area contributed by atoms with Gasteiger partial charge in [-0.15, -0.1) is 4.40 Å². The van der Waals surface area contributed by atoms with E-state index in [-0.39, 0.29) is 70.3 Å². The van der Waals surface area contributed by atoms with Crippen LogP contribution in [-0.4, -0.2) is 74.2 Å². The van der Waals surface area contributed by atoms with Gasteiger partial charge in [0.15, 0.2) is 11.7 Å². The summed E-state index contributed by atoms with van der Waals surface area (Å²) in [5, 5.41) is 2.08. The van der Waals surface area contributed by atoms with Crippen LogP contribution in [0.15, 0.2) is 101 Å². The molecule has 2 N–H and O–H groups in total. The van der Waals surface area contributed by atoms with Crippen molar-refractivity contribution in [3.8, 4) is 11.3 Å². The van der Waals surface area contributed by atoms with Crippen molar-refractivity contribution in [3.63, 3.8) is 0 Å². The van der Waals surface area contributed by atoms with Gasteiger partial charge < -0.3 is 24.7 Å². The maximum atomic E-state index is 15.7. The topological polar surface area (TPSA) is 131 Å². The lowest BCUT2D eigenvalue weighted by Gasteiger charge is -2.46. The number of fused-ring (bicyclic) bond motifs is 1. The quantitative estimate of drug-likeness (QED) is 0.120. The zero-order valence-electron chi connectivity index (χ0n) is 39.1. The van der Waals surface area contributed by atoms with Crippen LogP contribution in [0.5, 0.6) is 0 Å². The summed E-state index contributed by atoms with van der Waals surface area (Å²) in [6.07, 6.45) is -0.463. The Morgan fingerprint density at radius 3 is 2.08 bits per heavy atom. The average molecular weight is 940 g/mol. The second-order valence-corrected chi connectivity index (χ2v) is 25.6. The predicted molar refractivity (Wildman–Crippen MR) is 263 cm³/mol. The predicted octanol–water partition coefficient (Wildman–Crippen LogP) is 10.1. The van der Waals surface area contributed by atoms with Crippen molar-refractivity contribution >= 4 is 69.6 Å². The van der Waals surface area contributed by atoms with Crippen LogP contribution in [0, 0.1) is 12.7 Å². The van der Waals surface area contributed by atoms with E-state index in [1.165, 1.54) is 12.1 Å². The number of pyridine rings is 1. The van der Waals surface area contributed by atoms with Gasteiger partial charge in [0.05, 0.1) is 34.1 Å². The van der Waals surface area contributed by atoms with Gasteiger partial charge in [-0.25, -0.2) is 18.5 Å². The van der Waals surface area contributed by atoms with E-state index in [0.29, 0.717) is 16.8 Å². The summed E-state index contributed by atoms with van der Waals surface area (Å²) in [7, 11) is -7.56. The van der Waals surface area contributed by atoms with E-state index in [0.717, 1.165) is 25.8 Å². The molecule has 4 aromatic carbocycles. The second kappa shape index (κ2) is 17.8. The third-order valence-electron chi connectivity index (χ3n) is 12.1. The van der Waals surface area contributed by atoms with E-state index in [2.05, 4.69) is 49.4 Å². The molecular formula is C50H60ClFN6O5SSi. The number of hydrogen-bond donors (Lipinski definition) is 1. The Morgan fingerprint density at radius 1 is 0.908 bits per heavy atom. The minimum absolute atomic E-state index is 0.00668. The lowest BCUT2D eigenvalue weighted by atomic mass is 9.95. The summed E-state index contributed by atoms with van der Waals surface area (Å²) >= 11 is 7.02. The van der Waals surface area contributed by atoms with Gasteiger partial charge in [0, 0.05) is 30.9 Å². The molecule has 0 bridgehead atoms. The number of anilines is 3. The summed E-state index contributed by atoms with van der Waals surface area (Å²) in [4.78, 5) is 21.8. The third-order valence-corrected chi connectivity index (χ3v) is 18.6. The number of nitrogens with two attached hydrogens (primary N) is 1. The van der Waals surface area contributed by atoms with Crippen molar-refractivity contribution in [1.29, 1.82) is 0 Å². The number of aromatic nitrogens is 1. The van der Waals surface area contributed by atoms with Crippen molar-refractivity contribution in [2.45, 2.75) is 111 Å². The van der Waals surface area contributed by atoms with Crippen LogP contribution in [0.25, 0.3) is 11.3 Å². The van der Waals surface area contributed by atoms with Crippen LogP contribution in [0.2, 0.25) is 10.1 Å². The fourth-order valence-corrected chi connectivity index (χ4v) is 15.3. The summed E-state index contributed by atoms with van der Waals surface area (Å²) in [6.45, 7) is 22.5. The summed E-state index contributed by atoms with van der Waals surface area (Å²) < 4.78 is 64.7. The summed E-state index contributed by atoms with van der Waals surface area (Å²) in [5.74, 6) is -0.742. The highest BCUT2D eigenvalue weighted by Crippen LogP contribution is 2.46. The molecule has 1 amide bonds. The van der Waals surface area contributed by atoms with E-state index in [9.17, 15) is 4.79 Å². The molecule has 5 aromatic rings. The van der Waals surface area contributed by atoms with Gasteiger partial charge in [0.1, 0.15) is 11.4 Å². The van der Waals surface area contributed by atoms with E-state index in [4.69, 9.17) is 31.5 Å². The average Bonchev–Trinajstić information content (AvgIpc) is 3.21. The Balaban J connectivity index is 1.38. The minimum Gasteiger partial charge on any atom is -0.444 e. The standard InChI is InChI=1S/C50H60ClFN6O5SSi/c1-31(2)38-26-35(30-62-65(50(9,10)11,36-19-14-12-15-20-36)37-21-16-13-17-22-37)25-32(3)45(38)58-46-39(27-40(51)44(54-46)43-41(52)23-18-24-42(43)53)47(55-64(58,60)61)56-28-34(5)57(29-33(56)4)48(59)63-49(6,7)8/h12-27,31,33-34H,28-30,53H2,1-11H3/t33-,34+/m0/s1. The van der Waals surface area contributed by atoms with Crippen molar-refractivity contribution in [3.05, 3.63) is 130 Å². The first-order valence-electron chi connectivity index (χ1n) is 22.0. The Labute approximate surface area is 389 Å². The third kappa shape index (κ3) is 9.14. The van der Waals surface area contributed by atoms with E-state index < -0.39 is 42.1 Å². The van der Waals surface area contributed by atoms with Gasteiger partial charge in [-0.3, -0.25) is 0 Å². The maximum absolute atomic E-state index is 15.7. The number of halogens is 2. The lowest BCUT2D eigenvalue weighted by Crippen LogP contribution is -2.66. The van der Waals surface area contributed by atoms with Gasteiger partial charge in [0.25, 0.3) is 8.32 Å². The first-order valence-corrected chi connectivity index (χ1v) is 25.7. The number of carbonyl (C=O) groups excluding carboxylic acids is 1. The fourth-order valence-electron chi connectivity index (χ4n) is 9.14. The molecule has 3 heterocycles. The zero-order chi connectivity index (χ0) is 47.4. The van der Waals surface area contributed by atoms with Crippen LogP contribution >= 0.6 is 11.6 Å². The smallest absolute Gasteiger partial charge is 0.410 e. The Kier molecular flexibility index (Phi) is 13.1. The van der Waals surface area contributed by atoms with Crippen LogP contribution in [-0.2, 0) is 26.0 Å². The van der Waals surface area contributed by atoms with Gasteiger partial charge in [-0.05, 0) is 97.8 Å². The van der Waals surface area contributed by atoms with Gasteiger partial charge in [0.2, 0.25) is 0 Å². The van der Waals surface area contributed by atoms with Crippen molar-refractivity contribution in [1.82, 2.24) is 14.8 Å². The number of amides is 1. The number of ether oxygens (including phenoxy) is 1. The van der Waals surface area contributed by atoms with E-state index >= 15 is 12.8 Å². The maximum Gasteiger partial charge on any atom is 0.410 e. The molecule has 0 spiro atoms. The molecule has 0 radical (unpaired) electrons. The number of nitrogen functional groups attached to an aromatic ring is 1. The number of piperazine rings is 1. The highest BCUT2D eigenvalue weighted by molar-refractivity contribution is 7.92. The monoisotopic (exact) mass is 938 g/mol. The Hall–Kier alpha value is -5.28. The van der Waals surface area contributed by atoms with Crippen molar-refractivity contribution in [2.24, 2.45) is 4.40 Å². The van der Waals surface area contributed by atoms with E-state index in [1.54, 1.807) is 17.0 Å². The molecular weight excluding hydrogens is 879 g/mol. The SMILES string of the molecule is Cc1cc(CO[Si](c2ccccc2)(c2ccccc2)C(C)(C)C)cc(C(C)C)c1N1c2nc(-c3c(N)cccc3F)c(Cl)cc2C(N2C[C@@H](C)N(C(=O)OC(C)(C)C)C[C@@H]2C)=NS1(=O)=O. The minimum atomic E-state index is -4.61. The zero-order valence-corrected chi connectivity index (χ0v) is 41.7. The molecule has 2 aliphatic rings. The lowest BCUT2D eigenvalue weighted by molar-refractivity contribution is 0.000505. The van der Waals surface area contributed by atoms with Crippen molar-refractivity contribution < 1.29 is 26.8 Å². The highest BCUT2D eigenvalue weighted by atomic mass is 35.5. The molecule has 1 saturated heterocycles. The summed E-state index contributed by atoms with van der Waals surface area (Å²) in [6, 6.07) is 29.9. The number of nitrogens with zero attached hydrogens (tertiary/aromatic N) is 5. The summed E-state index contributed by atoms with van der Waals surface area (Å²) in [5.41, 5.74) is 8.60. The number of rotatable bonds is 8. The molecule has 1 fully saturated rings.